The summed E-state index contributed by atoms with van der Waals surface area (Å²) in [4.78, 5) is 8.81. The van der Waals surface area contributed by atoms with Gasteiger partial charge in [0, 0.05) is 0 Å². The summed E-state index contributed by atoms with van der Waals surface area (Å²) in [6, 6.07) is 5.24. The third kappa shape index (κ3) is 4.86. The molecule has 0 aliphatic rings. The van der Waals surface area contributed by atoms with E-state index in [0.717, 1.165) is 11.8 Å². The van der Waals surface area contributed by atoms with Crippen LogP contribution in [0, 0.1) is 0 Å². The molecule has 15 heavy (non-hydrogen) atoms. The van der Waals surface area contributed by atoms with Crippen LogP contribution >= 0.6 is 0 Å². The van der Waals surface area contributed by atoms with E-state index in [1.807, 2.05) is 25.1 Å². The smallest absolute Gasteiger partial charge is 0.161 e. The van der Waals surface area contributed by atoms with Gasteiger partial charge in [-0.3, -0.25) is 0 Å². The van der Waals surface area contributed by atoms with Crippen LogP contribution in [-0.2, 0) is 4.79 Å². The lowest BCUT2D eigenvalue weighted by Crippen LogP contribution is -1.83. The van der Waals surface area contributed by atoms with Gasteiger partial charge in [-0.05, 0) is 31.5 Å². The minimum absolute atomic E-state index is 0.172. The first kappa shape index (κ1) is 13.2. The molecule has 3 heteroatoms. The summed E-state index contributed by atoms with van der Waals surface area (Å²) in [6.45, 7) is 3.39. The van der Waals surface area contributed by atoms with Crippen LogP contribution in [0.1, 0.15) is 19.4 Å². The molecule has 82 valence electrons. The highest BCUT2D eigenvalue weighted by Crippen LogP contribution is 2.26. The zero-order chi connectivity index (χ0) is 11.7. The van der Waals surface area contributed by atoms with E-state index in [2.05, 4.69) is 0 Å². The van der Waals surface area contributed by atoms with E-state index in [4.69, 9.17) is 9.53 Å². The molecule has 1 rings (SSSR count). The highest BCUT2D eigenvalue weighted by molar-refractivity contribution is 5.55. The monoisotopic (exact) mass is 208 g/mol. The molecule has 0 atom stereocenters. The third-order valence-electron chi connectivity index (χ3n) is 1.56. The van der Waals surface area contributed by atoms with Crippen molar-refractivity contribution in [3.05, 3.63) is 29.8 Å². The molecule has 1 aromatic carbocycles. The van der Waals surface area contributed by atoms with Crippen LogP contribution in [-0.4, -0.2) is 18.5 Å². The largest absolute Gasteiger partial charge is 0.504 e. The Hall–Kier alpha value is -1.77. The number of rotatable bonds is 2. The van der Waals surface area contributed by atoms with Crippen molar-refractivity contribution in [3.63, 3.8) is 0 Å². The molecule has 0 saturated heterocycles. The van der Waals surface area contributed by atoms with Gasteiger partial charge in [0.2, 0.25) is 0 Å². The first-order valence-electron chi connectivity index (χ1n) is 4.59. The van der Waals surface area contributed by atoms with Crippen LogP contribution in [0.25, 0.3) is 6.08 Å². The predicted octanol–water partition coefficient (Wildman–Crippen LogP) is 2.64. The molecular weight excluding hydrogens is 192 g/mol. The van der Waals surface area contributed by atoms with Gasteiger partial charge >= 0.3 is 0 Å². The molecule has 0 amide bonds. The summed E-state index contributed by atoms with van der Waals surface area (Å²) in [7, 11) is 1.54. The molecular formula is C12H16O3. The first-order chi connectivity index (χ1) is 7.19. The van der Waals surface area contributed by atoms with Crippen LogP contribution in [0.3, 0.4) is 0 Å². The van der Waals surface area contributed by atoms with Gasteiger partial charge in [-0.1, -0.05) is 18.2 Å². The number of carbonyl (C=O) groups is 1. The van der Waals surface area contributed by atoms with E-state index in [1.54, 1.807) is 12.1 Å². The Labute approximate surface area is 90.0 Å². The fourth-order valence-corrected chi connectivity index (χ4v) is 0.990. The van der Waals surface area contributed by atoms with Crippen LogP contribution in [0.4, 0.5) is 0 Å². The molecule has 0 spiro atoms. The van der Waals surface area contributed by atoms with E-state index >= 15 is 0 Å². The average molecular weight is 208 g/mol. The summed E-state index contributed by atoms with van der Waals surface area (Å²) in [5, 5.41) is 9.25. The Morgan fingerprint density at radius 3 is 2.40 bits per heavy atom. The van der Waals surface area contributed by atoms with Crippen molar-refractivity contribution in [2.45, 2.75) is 13.8 Å². The Balaban J connectivity index is 0.000000583. The highest BCUT2D eigenvalue weighted by atomic mass is 16.5. The fourth-order valence-electron chi connectivity index (χ4n) is 0.990. The summed E-state index contributed by atoms with van der Waals surface area (Å²) >= 11 is 0. The van der Waals surface area contributed by atoms with Gasteiger partial charge < -0.3 is 14.6 Å². The average Bonchev–Trinajstić information content (AvgIpc) is 2.22. The van der Waals surface area contributed by atoms with Crippen LogP contribution in [0.15, 0.2) is 24.3 Å². The lowest BCUT2D eigenvalue weighted by Gasteiger charge is -2.03. The maximum Gasteiger partial charge on any atom is 0.161 e. The topological polar surface area (TPSA) is 46.5 Å². The quantitative estimate of drug-likeness (QED) is 0.760. The normalized spacial score (nSPS) is 9.27. The molecule has 0 unspecified atom stereocenters. The second-order valence-electron chi connectivity index (χ2n) is 2.67. The number of benzene rings is 1. The Morgan fingerprint density at radius 2 is 1.93 bits per heavy atom. The standard InChI is InChI=1S/C10H12O2.C2H4O/c1-3-4-8-5-6-9(11)10(7-8)12-2;1-2-3/h3-7,11H,1-2H3;2H,1H3. The van der Waals surface area contributed by atoms with Crippen LogP contribution in [0.2, 0.25) is 0 Å². The van der Waals surface area contributed by atoms with Gasteiger partial charge in [-0.15, -0.1) is 0 Å². The number of hydrogen-bond donors (Lipinski definition) is 1. The molecule has 0 fully saturated rings. The third-order valence-corrected chi connectivity index (χ3v) is 1.56. The van der Waals surface area contributed by atoms with Gasteiger partial charge in [0.25, 0.3) is 0 Å². The molecule has 1 N–H and O–H groups in total. The van der Waals surface area contributed by atoms with Gasteiger partial charge in [0.05, 0.1) is 7.11 Å². The second-order valence-corrected chi connectivity index (χ2v) is 2.67. The molecule has 0 heterocycles. The Kier molecular flexibility index (Phi) is 6.72. The van der Waals surface area contributed by atoms with Crippen molar-refractivity contribution in [1.82, 2.24) is 0 Å². The zero-order valence-electron chi connectivity index (χ0n) is 9.23. The lowest BCUT2D eigenvalue weighted by molar-refractivity contribution is -0.106. The number of phenolic OH excluding ortho intramolecular Hbond substituents is 1. The van der Waals surface area contributed by atoms with Crippen molar-refractivity contribution in [2.75, 3.05) is 7.11 Å². The van der Waals surface area contributed by atoms with E-state index in [-0.39, 0.29) is 5.75 Å². The minimum Gasteiger partial charge on any atom is -0.504 e. The summed E-state index contributed by atoms with van der Waals surface area (Å²) in [5.41, 5.74) is 1.02. The van der Waals surface area contributed by atoms with Crippen molar-refractivity contribution < 1.29 is 14.6 Å². The van der Waals surface area contributed by atoms with E-state index in [9.17, 15) is 5.11 Å². The number of ether oxygens (including phenoxy) is 1. The summed E-state index contributed by atoms with van der Waals surface area (Å²) in [5.74, 6) is 0.677. The van der Waals surface area contributed by atoms with E-state index < -0.39 is 0 Å². The van der Waals surface area contributed by atoms with Crippen molar-refractivity contribution in [2.24, 2.45) is 0 Å². The number of hydrogen-bond acceptors (Lipinski definition) is 3. The number of methoxy groups -OCH3 is 1. The van der Waals surface area contributed by atoms with Crippen LogP contribution in [0.5, 0.6) is 11.5 Å². The number of carbonyl (C=O) groups excluding carboxylic acids is 1. The molecule has 0 radical (unpaired) electrons. The lowest BCUT2D eigenvalue weighted by atomic mass is 10.2. The predicted molar refractivity (Wildman–Crippen MR) is 61.1 cm³/mol. The number of phenols is 1. The SMILES string of the molecule is CC=Cc1ccc(O)c(OC)c1.CC=O. The molecule has 1 aromatic rings. The molecule has 0 aliphatic carbocycles. The Bertz CT molecular complexity index is 330. The minimum atomic E-state index is 0.172. The van der Waals surface area contributed by atoms with Crippen molar-refractivity contribution in [3.8, 4) is 11.5 Å². The van der Waals surface area contributed by atoms with Gasteiger partial charge in [-0.25, -0.2) is 0 Å². The van der Waals surface area contributed by atoms with Gasteiger partial charge in [-0.2, -0.15) is 0 Å². The Morgan fingerprint density at radius 1 is 1.33 bits per heavy atom. The number of aldehydes is 1. The van der Waals surface area contributed by atoms with Gasteiger partial charge in [0.15, 0.2) is 11.5 Å². The van der Waals surface area contributed by atoms with E-state index in [0.29, 0.717) is 5.75 Å². The van der Waals surface area contributed by atoms with Crippen LogP contribution < -0.4 is 4.74 Å². The van der Waals surface area contributed by atoms with E-state index in [1.165, 1.54) is 14.0 Å². The zero-order valence-corrected chi connectivity index (χ0v) is 9.23. The maximum atomic E-state index is 9.25. The fraction of sp³-hybridized carbons (Fsp3) is 0.250. The van der Waals surface area contributed by atoms with Crippen molar-refractivity contribution >= 4 is 12.4 Å². The van der Waals surface area contributed by atoms with Gasteiger partial charge in [0.1, 0.15) is 6.29 Å². The molecule has 0 aromatic heterocycles. The number of allylic oxidation sites excluding steroid dienone is 1. The molecule has 0 saturated carbocycles. The maximum absolute atomic E-state index is 9.25. The molecule has 0 aliphatic heterocycles. The second kappa shape index (κ2) is 7.62. The summed E-state index contributed by atoms with van der Waals surface area (Å²) < 4.78 is 4.95. The molecule has 3 nitrogen and oxygen atoms in total. The number of aromatic hydroxyl groups is 1. The molecule has 0 bridgehead atoms. The summed E-state index contributed by atoms with van der Waals surface area (Å²) in [6.07, 6.45) is 4.63. The van der Waals surface area contributed by atoms with Crippen molar-refractivity contribution in [1.29, 1.82) is 0 Å². The highest BCUT2D eigenvalue weighted by Gasteiger charge is 1.99. The first-order valence-corrected chi connectivity index (χ1v) is 4.59.